The molecule has 11 heteroatoms. The number of anilines is 2. The zero-order chi connectivity index (χ0) is 35.2. The van der Waals surface area contributed by atoms with Crippen molar-refractivity contribution in [3.8, 4) is 22.5 Å². The third-order valence-electron chi connectivity index (χ3n) is 9.55. The normalized spacial score (nSPS) is 16.9. The molecule has 5 aromatic rings. The second kappa shape index (κ2) is 15.2. The SMILES string of the molecule is O=C(Nc1ccc(-c2n[nH]nc2-c2ccc(NC(=O)[C@@H]3CCCN3C(=O)Cc3ccccc3)cc2)cc1)[C@@H]1CCCN1C(=O)Cc1ccccc1. The van der Waals surface area contributed by atoms with Gasteiger partial charge >= 0.3 is 0 Å². The van der Waals surface area contributed by atoms with E-state index in [0.29, 0.717) is 48.7 Å². The number of nitrogens with zero attached hydrogens (tertiary/aromatic N) is 4. The fourth-order valence-electron chi connectivity index (χ4n) is 6.93. The zero-order valence-corrected chi connectivity index (χ0v) is 28.1. The van der Waals surface area contributed by atoms with Crippen molar-refractivity contribution in [3.63, 3.8) is 0 Å². The minimum Gasteiger partial charge on any atom is -0.330 e. The van der Waals surface area contributed by atoms with Gasteiger partial charge in [0.25, 0.3) is 0 Å². The predicted molar refractivity (Wildman–Crippen MR) is 194 cm³/mol. The van der Waals surface area contributed by atoms with Crippen LogP contribution in [-0.4, -0.2) is 74.0 Å². The Labute approximate surface area is 296 Å². The van der Waals surface area contributed by atoms with E-state index < -0.39 is 12.1 Å². The smallest absolute Gasteiger partial charge is 0.247 e. The molecule has 1 aromatic heterocycles. The molecule has 2 fully saturated rings. The number of likely N-dealkylation sites (tertiary alicyclic amines) is 2. The molecule has 0 unspecified atom stereocenters. The van der Waals surface area contributed by atoms with Gasteiger partial charge in [0.1, 0.15) is 23.5 Å². The number of hydrogen-bond acceptors (Lipinski definition) is 6. The van der Waals surface area contributed by atoms with E-state index in [1.807, 2.05) is 109 Å². The summed E-state index contributed by atoms with van der Waals surface area (Å²) in [4.78, 5) is 55.9. The number of carbonyl (C=O) groups excluding carboxylic acids is 4. The summed E-state index contributed by atoms with van der Waals surface area (Å²) in [5, 5.41) is 17.4. The van der Waals surface area contributed by atoms with Gasteiger partial charge in [-0.3, -0.25) is 19.2 Å². The average Bonchev–Trinajstić information content (AvgIpc) is 3.95. The second-order valence-electron chi connectivity index (χ2n) is 13.0. The molecule has 0 bridgehead atoms. The maximum absolute atomic E-state index is 13.2. The minimum atomic E-state index is -0.505. The number of aromatic amines is 1. The minimum absolute atomic E-state index is 0.0466. The first-order valence-corrected chi connectivity index (χ1v) is 17.3. The van der Waals surface area contributed by atoms with Crippen molar-refractivity contribution in [3.05, 3.63) is 120 Å². The van der Waals surface area contributed by atoms with E-state index in [1.165, 1.54) is 0 Å². The van der Waals surface area contributed by atoms with E-state index in [4.69, 9.17) is 0 Å². The van der Waals surface area contributed by atoms with Gasteiger partial charge in [0.05, 0.1) is 12.8 Å². The lowest BCUT2D eigenvalue weighted by molar-refractivity contribution is -0.136. The lowest BCUT2D eigenvalue weighted by atomic mass is 10.0. The first-order chi connectivity index (χ1) is 24.9. The van der Waals surface area contributed by atoms with Gasteiger partial charge in [0, 0.05) is 35.6 Å². The fraction of sp³-hybridized carbons (Fsp3) is 0.250. The van der Waals surface area contributed by atoms with Gasteiger partial charge in [-0.1, -0.05) is 84.9 Å². The lowest BCUT2D eigenvalue weighted by Crippen LogP contribution is -2.43. The van der Waals surface area contributed by atoms with Crippen molar-refractivity contribution in [1.29, 1.82) is 0 Å². The van der Waals surface area contributed by atoms with Gasteiger partial charge in [-0.25, -0.2) is 0 Å². The molecule has 51 heavy (non-hydrogen) atoms. The highest BCUT2D eigenvalue weighted by Crippen LogP contribution is 2.30. The van der Waals surface area contributed by atoms with Crippen LogP contribution in [-0.2, 0) is 32.0 Å². The van der Waals surface area contributed by atoms with Crippen molar-refractivity contribution in [2.75, 3.05) is 23.7 Å². The second-order valence-corrected chi connectivity index (χ2v) is 13.0. The van der Waals surface area contributed by atoms with Gasteiger partial charge in [0.15, 0.2) is 0 Å². The molecular weight excluding hydrogens is 642 g/mol. The molecule has 4 amide bonds. The lowest BCUT2D eigenvalue weighted by Gasteiger charge is -2.24. The van der Waals surface area contributed by atoms with Crippen LogP contribution in [0.5, 0.6) is 0 Å². The molecule has 2 aliphatic rings. The van der Waals surface area contributed by atoms with Crippen LogP contribution in [0.25, 0.3) is 22.5 Å². The largest absolute Gasteiger partial charge is 0.330 e. The van der Waals surface area contributed by atoms with Crippen molar-refractivity contribution in [1.82, 2.24) is 25.2 Å². The molecule has 0 radical (unpaired) electrons. The Bertz CT molecular complexity index is 1850. The Morgan fingerprint density at radius 3 is 1.35 bits per heavy atom. The summed E-state index contributed by atoms with van der Waals surface area (Å²) >= 11 is 0. The third kappa shape index (κ3) is 7.72. The monoisotopic (exact) mass is 681 g/mol. The molecule has 11 nitrogen and oxygen atoms in total. The molecule has 2 aliphatic heterocycles. The van der Waals surface area contributed by atoms with Crippen molar-refractivity contribution in [2.24, 2.45) is 0 Å². The Balaban J connectivity index is 0.958. The summed E-state index contributed by atoms with van der Waals surface area (Å²) in [5.41, 5.74) is 5.98. The topological polar surface area (TPSA) is 140 Å². The number of aromatic nitrogens is 3. The first-order valence-electron chi connectivity index (χ1n) is 17.3. The van der Waals surface area contributed by atoms with Crippen LogP contribution in [0.2, 0.25) is 0 Å². The van der Waals surface area contributed by atoms with Crippen molar-refractivity contribution < 1.29 is 19.2 Å². The highest BCUT2D eigenvalue weighted by molar-refractivity contribution is 5.99. The van der Waals surface area contributed by atoms with Gasteiger partial charge in [-0.15, -0.1) is 0 Å². The predicted octanol–water partition coefficient (Wildman–Crippen LogP) is 5.48. The number of hydrogen-bond donors (Lipinski definition) is 3. The standard InChI is InChI=1S/C40H39N7O4/c48-35(25-27-9-3-1-4-10-27)46-23-7-13-33(46)39(50)41-31-19-15-29(16-20-31)37-38(44-45-43-37)30-17-21-32(22-18-30)42-40(51)34-14-8-24-47(34)36(49)26-28-11-5-2-6-12-28/h1-6,9-12,15-22,33-34H,7-8,13-14,23-26H2,(H,41,50)(H,42,51)(H,43,44,45)/t33-,34-/m0/s1. The van der Waals surface area contributed by atoms with Crippen LogP contribution in [0.1, 0.15) is 36.8 Å². The average molecular weight is 682 g/mol. The van der Waals surface area contributed by atoms with Gasteiger partial charge in [-0.05, 0) is 61.1 Å². The molecule has 4 aromatic carbocycles. The Kier molecular flexibility index (Phi) is 9.96. The van der Waals surface area contributed by atoms with Crippen LogP contribution < -0.4 is 10.6 Å². The van der Waals surface area contributed by atoms with Crippen LogP contribution in [0.4, 0.5) is 11.4 Å². The van der Waals surface area contributed by atoms with Crippen molar-refractivity contribution in [2.45, 2.75) is 50.6 Å². The third-order valence-corrected chi connectivity index (χ3v) is 9.55. The molecule has 2 saturated heterocycles. The molecule has 258 valence electrons. The first kappa shape index (κ1) is 33.4. The summed E-state index contributed by atoms with van der Waals surface area (Å²) in [6, 6.07) is 32.8. The summed E-state index contributed by atoms with van der Waals surface area (Å²) in [5.74, 6) is -0.491. The number of H-pyrrole nitrogens is 1. The molecular formula is C40H39N7O4. The van der Waals surface area contributed by atoms with Crippen LogP contribution in [0.3, 0.4) is 0 Å². The van der Waals surface area contributed by atoms with E-state index in [-0.39, 0.29) is 36.5 Å². The van der Waals surface area contributed by atoms with Crippen LogP contribution >= 0.6 is 0 Å². The summed E-state index contributed by atoms with van der Waals surface area (Å²) < 4.78 is 0. The molecule has 3 N–H and O–H groups in total. The fourth-order valence-corrected chi connectivity index (χ4v) is 6.93. The molecule has 7 rings (SSSR count). The number of rotatable bonds is 10. The summed E-state index contributed by atoms with van der Waals surface area (Å²) in [7, 11) is 0. The zero-order valence-electron chi connectivity index (χ0n) is 28.1. The Morgan fingerprint density at radius 2 is 0.961 bits per heavy atom. The van der Waals surface area contributed by atoms with Crippen LogP contribution in [0.15, 0.2) is 109 Å². The highest BCUT2D eigenvalue weighted by atomic mass is 16.2. The van der Waals surface area contributed by atoms with E-state index in [9.17, 15) is 19.2 Å². The number of nitrogens with one attached hydrogen (secondary N) is 3. The maximum Gasteiger partial charge on any atom is 0.247 e. The molecule has 0 aliphatic carbocycles. The van der Waals surface area contributed by atoms with Gasteiger partial charge in [0.2, 0.25) is 23.6 Å². The van der Waals surface area contributed by atoms with E-state index in [0.717, 1.165) is 35.1 Å². The number of amides is 4. The van der Waals surface area contributed by atoms with E-state index in [2.05, 4.69) is 26.0 Å². The highest BCUT2D eigenvalue weighted by Gasteiger charge is 2.35. The van der Waals surface area contributed by atoms with Crippen molar-refractivity contribution >= 4 is 35.0 Å². The van der Waals surface area contributed by atoms with Gasteiger partial charge < -0.3 is 20.4 Å². The molecule has 0 spiro atoms. The maximum atomic E-state index is 13.2. The Hall–Kier alpha value is -6.10. The molecule has 3 heterocycles. The summed E-state index contributed by atoms with van der Waals surface area (Å²) in [6.45, 7) is 1.14. The quantitative estimate of drug-likeness (QED) is 0.178. The van der Waals surface area contributed by atoms with Crippen LogP contribution in [0, 0.1) is 0 Å². The number of benzene rings is 4. The molecule has 0 saturated carbocycles. The summed E-state index contributed by atoms with van der Waals surface area (Å²) in [6.07, 6.45) is 3.37. The molecule has 2 atom stereocenters. The Morgan fingerprint density at radius 1 is 0.569 bits per heavy atom. The van der Waals surface area contributed by atoms with Gasteiger partial charge in [-0.2, -0.15) is 15.4 Å². The number of carbonyl (C=O) groups is 4. The van der Waals surface area contributed by atoms with E-state index >= 15 is 0 Å². The van der Waals surface area contributed by atoms with E-state index in [1.54, 1.807) is 9.80 Å².